The van der Waals surface area contributed by atoms with Crippen molar-refractivity contribution in [1.29, 1.82) is 0 Å². The summed E-state index contributed by atoms with van der Waals surface area (Å²) in [6, 6.07) is 6.30. The highest BCUT2D eigenvalue weighted by atomic mass is 16.5. The minimum absolute atomic E-state index is 0.222. The molecule has 0 unspecified atom stereocenters. The Bertz CT molecular complexity index is 629. The smallest absolute Gasteiger partial charge is 0.337 e. The van der Waals surface area contributed by atoms with E-state index in [2.05, 4.69) is 4.74 Å². The summed E-state index contributed by atoms with van der Waals surface area (Å²) in [6.45, 7) is 0. The molecule has 21 heavy (non-hydrogen) atoms. The second kappa shape index (κ2) is 5.16. The van der Waals surface area contributed by atoms with Crippen LogP contribution in [0.2, 0.25) is 0 Å². The molecule has 5 heteroatoms. The van der Waals surface area contributed by atoms with Crippen LogP contribution in [0, 0.1) is 0 Å². The van der Waals surface area contributed by atoms with Gasteiger partial charge in [-0.2, -0.15) is 0 Å². The molecule has 1 aliphatic carbocycles. The van der Waals surface area contributed by atoms with Gasteiger partial charge < -0.3 is 4.74 Å². The molecule has 3 rings (SSSR count). The van der Waals surface area contributed by atoms with Gasteiger partial charge in [-0.05, 0) is 49.9 Å². The fourth-order valence-corrected chi connectivity index (χ4v) is 2.84. The van der Waals surface area contributed by atoms with Crippen LogP contribution >= 0.6 is 0 Å². The van der Waals surface area contributed by atoms with E-state index < -0.39 is 5.97 Å². The summed E-state index contributed by atoms with van der Waals surface area (Å²) >= 11 is 0. The SMILES string of the molecule is COC(=O)c1ccc(N2C(=O)C3=C(CCCC3)C2=O)cc1. The van der Waals surface area contributed by atoms with Crippen LogP contribution in [0.4, 0.5) is 5.69 Å². The molecule has 2 amide bonds. The van der Waals surface area contributed by atoms with Crippen LogP contribution in [0.25, 0.3) is 0 Å². The van der Waals surface area contributed by atoms with Crippen molar-refractivity contribution in [3.63, 3.8) is 0 Å². The molecule has 1 aliphatic heterocycles. The first-order chi connectivity index (χ1) is 10.1. The Labute approximate surface area is 122 Å². The minimum Gasteiger partial charge on any atom is -0.465 e. The van der Waals surface area contributed by atoms with Crippen molar-refractivity contribution in [2.45, 2.75) is 25.7 Å². The Morgan fingerprint density at radius 3 is 2.00 bits per heavy atom. The minimum atomic E-state index is -0.446. The average molecular weight is 285 g/mol. The number of methoxy groups -OCH3 is 1. The third-order valence-corrected chi connectivity index (χ3v) is 3.94. The van der Waals surface area contributed by atoms with E-state index in [-0.39, 0.29) is 11.8 Å². The standard InChI is InChI=1S/C16H15NO4/c1-21-16(20)10-6-8-11(9-7-10)17-14(18)12-4-2-3-5-13(12)15(17)19/h6-9H,2-5H2,1H3. The Balaban J connectivity index is 1.90. The van der Waals surface area contributed by atoms with Gasteiger partial charge in [0.25, 0.3) is 11.8 Å². The maximum absolute atomic E-state index is 12.4. The maximum Gasteiger partial charge on any atom is 0.337 e. The molecule has 1 aromatic rings. The number of hydrogen-bond acceptors (Lipinski definition) is 4. The molecule has 0 saturated carbocycles. The van der Waals surface area contributed by atoms with Gasteiger partial charge in [-0.1, -0.05) is 0 Å². The van der Waals surface area contributed by atoms with E-state index in [1.54, 1.807) is 24.3 Å². The molecule has 1 aromatic carbocycles. The van der Waals surface area contributed by atoms with Crippen LogP contribution in [-0.4, -0.2) is 24.9 Å². The Kier molecular flexibility index (Phi) is 3.33. The van der Waals surface area contributed by atoms with Crippen LogP contribution < -0.4 is 4.90 Å². The summed E-state index contributed by atoms with van der Waals surface area (Å²) in [4.78, 5) is 37.4. The molecule has 0 N–H and O–H groups in total. The second-order valence-electron chi connectivity index (χ2n) is 5.15. The molecule has 0 atom stereocenters. The van der Waals surface area contributed by atoms with Crippen molar-refractivity contribution in [2.75, 3.05) is 12.0 Å². The second-order valence-corrected chi connectivity index (χ2v) is 5.15. The molecule has 0 radical (unpaired) electrons. The zero-order chi connectivity index (χ0) is 15.0. The summed E-state index contributed by atoms with van der Waals surface area (Å²) in [5.41, 5.74) is 2.19. The molecule has 5 nitrogen and oxygen atoms in total. The first-order valence-corrected chi connectivity index (χ1v) is 6.92. The Morgan fingerprint density at radius 2 is 1.52 bits per heavy atom. The quantitative estimate of drug-likeness (QED) is 0.617. The number of ether oxygens (including phenoxy) is 1. The van der Waals surface area contributed by atoms with Crippen LogP contribution in [0.3, 0.4) is 0 Å². The number of benzene rings is 1. The summed E-state index contributed by atoms with van der Waals surface area (Å²) in [5, 5.41) is 0. The predicted molar refractivity (Wildman–Crippen MR) is 75.8 cm³/mol. The fraction of sp³-hybridized carbons (Fsp3) is 0.312. The summed E-state index contributed by atoms with van der Waals surface area (Å²) in [5.74, 6) is -0.890. The third kappa shape index (κ3) is 2.14. The highest BCUT2D eigenvalue weighted by Gasteiger charge is 2.39. The van der Waals surface area contributed by atoms with Gasteiger partial charge in [0.1, 0.15) is 0 Å². The molecule has 1 heterocycles. The molecule has 0 fully saturated rings. The number of carbonyl (C=O) groups excluding carboxylic acids is 3. The number of imide groups is 1. The van der Waals surface area contributed by atoms with E-state index in [9.17, 15) is 14.4 Å². The van der Waals surface area contributed by atoms with E-state index in [0.29, 0.717) is 35.2 Å². The van der Waals surface area contributed by atoms with Crippen LogP contribution in [0.5, 0.6) is 0 Å². The number of nitrogens with zero attached hydrogens (tertiary/aromatic N) is 1. The fourth-order valence-electron chi connectivity index (χ4n) is 2.84. The Hall–Kier alpha value is -2.43. The van der Waals surface area contributed by atoms with Crippen molar-refractivity contribution in [3.05, 3.63) is 41.0 Å². The number of amides is 2. The first-order valence-electron chi connectivity index (χ1n) is 6.92. The molecule has 0 spiro atoms. The van der Waals surface area contributed by atoms with E-state index in [1.165, 1.54) is 12.0 Å². The van der Waals surface area contributed by atoms with Gasteiger partial charge in [-0.25, -0.2) is 9.69 Å². The lowest BCUT2D eigenvalue weighted by molar-refractivity contribution is -0.120. The number of rotatable bonds is 2. The van der Waals surface area contributed by atoms with Crippen LogP contribution in [-0.2, 0) is 14.3 Å². The number of anilines is 1. The van der Waals surface area contributed by atoms with Crippen molar-refractivity contribution in [2.24, 2.45) is 0 Å². The summed E-state index contributed by atoms with van der Waals surface area (Å²) in [7, 11) is 1.31. The molecule has 0 bridgehead atoms. The lowest BCUT2D eigenvalue weighted by atomic mass is 9.93. The van der Waals surface area contributed by atoms with Crippen molar-refractivity contribution in [1.82, 2.24) is 0 Å². The highest BCUT2D eigenvalue weighted by molar-refractivity contribution is 6.33. The predicted octanol–water partition coefficient (Wildman–Crippen LogP) is 2.22. The van der Waals surface area contributed by atoms with Gasteiger partial charge in [0.15, 0.2) is 0 Å². The first kappa shape index (κ1) is 13.5. The van der Waals surface area contributed by atoms with Gasteiger partial charge in [0.05, 0.1) is 18.4 Å². The lowest BCUT2D eigenvalue weighted by Crippen LogP contribution is -2.31. The normalized spacial score (nSPS) is 18.0. The van der Waals surface area contributed by atoms with Crippen molar-refractivity contribution >= 4 is 23.5 Å². The average Bonchev–Trinajstić information content (AvgIpc) is 2.79. The van der Waals surface area contributed by atoms with Crippen molar-refractivity contribution in [3.8, 4) is 0 Å². The van der Waals surface area contributed by atoms with Crippen molar-refractivity contribution < 1.29 is 19.1 Å². The maximum atomic E-state index is 12.4. The molecular formula is C16H15NO4. The molecule has 0 aromatic heterocycles. The molecular weight excluding hydrogens is 270 g/mol. The van der Waals surface area contributed by atoms with E-state index in [4.69, 9.17) is 0 Å². The van der Waals surface area contributed by atoms with E-state index in [0.717, 1.165) is 12.8 Å². The number of carbonyl (C=O) groups is 3. The van der Waals surface area contributed by atoms with E-state index in [1.807, 2.05) is 0 Å². The summed E-state index contributed by atoms with van der Waals surface area (Å²) < 4.78 is 4.63. The van der Waals surface area contributed by atoms with Crippen LogP contribution in [0.1, 0.15) is 36.0 Å². The van der Waals surface area contributed by atoms with Crippen LogP contribution in [0.15, 0.2) is 35.4 Å². The molecule has 0 saturated heterocycles. The van der Waals surface area contributed by atoms with E-state index >= 15 is 0 Å². The van der Waals surface area contributed by atoms with Gasteiger partial charge in [0.2, 0.25) is 0 Å². The van der Waals surface area contributed by atoms with Gasteiger partial charge in [0, 0.05) is 11.1 Å². The largest absolute Gasteiger partial charge is 0.465 e. The lowest BCUT2D eigenvalue weighted by Gasteiger charge is -2.15. The zero-order valence-electron chi connectivity index (χ0n) is 11.7. The Morgan fingerprint density at radius 1 is 1.00 bits per heavy atom. The summed E-state index contributed by atoms with van der Waals surface area (Å²) in [6.07, 6.45) is 3.26. The molecule has 2 aliphatic rings. The zero-order valence-corrected chi connectivity index (χ0v) is 11.7. The molecule has 108 valence electrons. The number of hydrogen-bond donors (Lipinski definition) is 0. The third-order valence-electron chi connectivity index (χ3n) is 3.94. The highest BCUT2D eigenvalue weighted by Crippen LogP contribution is 2.35. The number of esters is 1. The monoisotopic (exact) mass is 285 g/mol. The van der Waals surface area contributed by atoms with Gasteiger partial charge in [-0.3, -0.25) is 9.59 Å². The topological polar surface area (TPSA) is 63.7 Å². The van der Waals surface area contributed by atoms with Gasteiger partial charge >= 0.3 is 5.97 Å². The van der Waals surface area contributed by atoms with Gasteiger partial charge in [-0.15, -0.1) is 0 Å².